The van der Waals surface area contributed by atoms with Crippen molar-refractivity contribution in [3.8, 4) is 5.88 Å². The zero-order valence-corrected chi connectivity index (χ0v) is 16.0. The second kappa shape index (κ2) is 7.15. The molecule has 0 spiro atoms. The number of amides is 3. The fourth-order valence-corrected chi connectivity index (χ4v) is 3.72. The number of carbonyl (C=O) groups excluding carboxylic acids is 2. The molecule has 5 rings (SSSR count). The van der Waals surface area contributed by atoms with E-state index in [1.807, 2.05) is 0 Å². The summed E-state index contributed by atoms with van der Waals surface area (Å²) >= 11 is 0. The minimum Gasteiger partial charge on any atom is -0.466 e. The monoisotopic (exact) mass is 429 g/mol. The van der Waals surface area contributed by atoms with Gasteiger partial charge in [-0.15, -0.1) is 0 Å². The lowest BCUT2D eigenvalue weighted by atomic mass is 10.0. The second-order valence-corrected chi connectivity index (χ2v) is 7.32. The lowest BCUT2D eigenvalue weighted by molar-refractivity contribution is -0.122. The Morgan fingerprint density at radius 3 is 2.84 bits per heavy atom. The molecule has 1 unspecified atom stereocenters. The Bertz CT molecular complexity index is 1150. The number of urea groups is 1. The zero-order chi connectivity index (χ0) is 21.6. The molecule has 2 aliphatic rings. The molecule has 0 bridgehead atoms. The molecule has 10 nitrogen and oxygen atoms in total. The van der Waals surface area contributed by atoms with Gasteiger partial charge in [-0.3, -0.25) is 10.1 Å². The van der Waals surface area contributed by atoms with Gasteiger partial charge in [0, 0.05) is 31.2 Å². The van der Waals surface area contributed by atoms with E-state index >= 15 is 0 Å². The van der Waals surface area contributed by atoms with Crippen molar-refractivity contribution >= 4 is 23.3 Å². The molecular weight excluding hydrogens is 412 g/mol. The van der Waals surface area contributed by atoms with Crippen LogP contribution in [0.2, 0.25) is 0 Å². The third kappa shape index (κ3) is 3.49. The molecule has 2 N–H and O–H groups in total. The number of anilines is 1. The Morgan fingerprint density at radius 2 is 2.06 bits per heavy atom. The predicted octanol–water partition coefficient (Wildman–Crippen LogP) is 0.950. The van der Waals surface area contributed by atoms with Crippen molar-refractivity contribution in [3.05, 3.63) is 48.5 Å². The number of halogens is 2. The summed E-state index contributed by atoms with van der Waals surface area (Å²) < 4.78 is 36.4. The largest absolute Gasteiger partial charge is 0.466 e. The van der Waals surface area contributed by atoms with E-state index in [2.05, 4.69) is 25.7 Å². The highest BCUT2D eigenvalue weighted by Gasteiger charge is 2.51. The van der Waals surface area contributed by atoms with Crippen LogP contribution < -0.4 is 20.3 Å². The van der Waals surface area contributed by atoms with Crippen LogP contribution in [0.4, 0.5) is 19.3 Å². The van der Waals surface area contributed by atoms with E-state index in [-0.39, 0.29) is 19.0 Å². The van der Waals surface area contributed by atoms with E-state index < -0.39 is 36.4 Å². The first-order valence-electron chi connectivity index (χ1n) is 9.54. The van der Waals surface area contributed by atoms with E-state index in [9.17, 15) is 18.4 Å². The average Bonchev–Trinajstić information content (AvgIpc) is 3.32. The number of aromatic nitrogens is 4. The van der Waals surface area contributed by atoms with Crippen molar-refractivity contribution in [2.24, 2.45) is 0 Å². The topological polar surface area (TPSA) is 114 Å². The van der Waals surface area contributed by atoms with Gasteiger partial charge in [0.25, 0.3) is 0 Å². The average molecular weight is 429 g/mol. The van der Waals surface area contributed by atoms with Gasteiger partial charge in [0.15, 0.2) is 11.8 Å². The number of nitrogens with one attached hydrogen (secondary N) is 2. The van der Waals surface area contributed by atoms with Crippen LogP contribution >= 0.6 is 0 Å². The standard InChI is InChI=1S/C19H17F2N7O3/c20-19(21)10-27(9-14(19)31-15-3-1-2-4-22-15)13-7-12(26-28-6-5-23-16(13)28)11-8-24-18(30)25-17(11)29/h1-7,11,14H,8-10H2,(H2,24,25,29,30)/t11?,14-/m1/s1. The van der Waals surface area contributed by atoms with Crippen LogP contribution in [0.25, 0.3) is 5.65 Å². The van der Waals surface area contributed by atoms with Gasteiger partial charge in [-0.1, -0.05) is 6.07 Å². The van der Waals surface area contributed by atoms with Crippen molar-refractivity contribution in [2.45, 2.75) is 17.9 Å². The molecule has 0 saturated carbocycles. The van der Waals surface area contributed by atoms with Crippen molar-refractivity contribution in [1.82, 2.24) is 30.2 Å². The van der Waals surface area contributed by atoms with Crippen LogP contribution in [0.3, 0.4) is 0 Å². The summed E-state index contributed by atoms with van der Waals surface area (Å²) in [6, 6.07) is 5.82. The predicted molar refractivity (Wildman–Crippen MR) is 103 cm³/mol. The second-order valence-electron chi connectivity index (χ2n) is 7.32. The summed E-state index contributed by atoms with van der Waals surface area (Å²) in [5.41, 5.74) is 1.10. The highest BCUT2D eigenvalue weighted by atomic mass is 19.3. The van der Waals surface area contributed by atoms with Crippen molar-refractivity contribution in [1.29, 1.82) is 0 Å². The van der Waals surface area contributed by atoms with Gasteiger partial charge >= 0.3 is 12.0 Å². The smallest absolute Gasteiger partial charge is 0.321 e. The highest BCUT2D eigenvalue weighted by molar-refractivity contribution is 6.00. The number of pyridine rings is 1. The molecule has 31 heavy (non-hydrogen) atoms. The van der Waals surface area contributed by atoms with Gasteiger partial charge in [0.2, 0.25) is 11.8 Å². The van der Waals surface area contributed by atoms with Gasteiger partial charge in [-0.05, 0) is 12.1 Å². The van der Waals surface area contributed by atoms with E-state index in [1.54, 1.807) is 24.4 Å². The molecule has 160 valence electrons. The van der Waals surface area contributed by atoms with E-state index in [0.717, 1.165) is 0 Å². The number of hydrogen-bond donors (Lipinski definition) is 2. The first-order chi connectivity index (χ1) is 14.9. The number of fused-ring (bicyclic) bond motifs is 1. The summed E-state index contributed by atoms with van der Waals surface area (Å²) in [5.74, 6) is -4.29. The van der Waals surface area contributed by atoms with Crippen molar-refractivity contribution in [2.75, 3.05) is 24.5 Å². The third-order valence-corrected chi connectivity index (χ3v) is 5.24. The first-order valence-corrected chi connectivity index (χ1v) is 9.54. The number of nitrogens with zero attached hydrogens (tertiary/aromatic N) is 5. The van der Waals surface area contributed by atoms with Gasteiger partial charge in [0.1, 0.15) is 0 Å². The molecule has 3 amide bonds. The number of imide groups is 1. The first kappa shape index (κ1) is 19.2. The Kier molecular flexibility index (Phi) is 4.41. The fraction of sp³-hybridized carbons (Fsp3) is 0.316. The Balaban J connectivity index is 1.47. The molecule has 0 radical (unpaired) electrons. The maximum absolute atomic E-state index is 14.8. The Morgan fingerprint density at radius 1 is 1.19 bits per heavy atom. The van der Waals surface area contributed by atoms with Crippen molar-refractivity contribution in [3.63, 3.8) is 0 Å². The summed E-state index contributed by atoms with van der Waals surface area (Å²) in [6.45, 7) is -0.647. The molecular formula is C19H17F2N7O3. The number of alkyl halides is 2. The quantitative estimate of drug-likeness (QED) is 0.635. The SMILES string of the molecule is O=C1NCC(c2cc(N3C[C@@H](Oc4ccccn4)C(F)(F)C3)c3nccn3n2)C(=O)N1. The molecule has 2 saturated heterocycles. The van der Waals surface area contributed by atoms with Crippen LogP contribution in [0.1, 0.15) is 11.6 Å². The lowest BCUT2D eigenvalue weighted by Crippen LogP contribution is -2.51. The van der Waals surface area contributed by atoms with Crippen molar-refractivity contribution < 1.29 is 23.1 Å². The van der Waals surface area contributed by atoms with E-state index in [1.165, 1.54) is 27.9 Å². The maximum Gasteiger partial charge on any atom is 0.321 e. The summed E-state index contributed by atoms with van der Waals surface area (Å²) in [4.78, 5) is 33.3. The van der Waals surface area contributed by atoms with Crippen LogP contribution in [-0.4, -0.2) is 63.2 Å². The maximum atomic E-state index is 14.8. The molecule has 12 heteroatoms. The molecule has 3 aromatic rings. The lowest BCUT2D eigenvalue weighted by Gasteiger charge is -2.24. The number of rotatable bonds is 4. The molecule has 2 atom stereocenters. The summed E-state index contributed by atoms with van der Waals surface area (Å²) in [6.07, 6.45) is 3.12. The molecule has 5 heterocycles. The normalized spacial score (nSPS) is 23.0. The van der Waals surface area contributed by atoms with Gasteiger partial charge in [0.05, 0.1) is 30.4 Å². The summed E-state index contributed by atoms with van der Waals surface area (Å²) in [7, 11) is 0. The number of hydrogen-bond acceptors (Lipinski definition) is 7. The van der Waals surface area contributed by atoms with Gasteiger partial charge in [-0.2, -0.15) is 5.10 Å². The Labute approximate surface area is 174 Å². The van der Waals surface area contributed by atoms with Crippen LogP contribution in [0.5, 0.6) is 5.88 Å². The molecule has 0 aliphatic carbocycles. The van der Waals surface area contributed by atoms with Crippen LogP contribution in [-0.2, 0) is 4.79 Å². The molecule has 0 aromatic carbocycles. The third-order valence-electron chi connectivity index (χ3n) is 5.24. The summed E-state index contributed by atoms with van der Waals surface area (Å²) in [5, 5.41) is 9.11. The van der Waals surface area contributed by atoms with E-state index in [0.29, 0.717) is 17.0 Å². The fourth-order valence-electron chi connectivity index (χ4n) is 3.72. The molecule has 2 aliphatic heterocycles. The minimum atomic E-state index is -3.14. The molecule has 2 fully saturated rings. The molecule has 3 aromatic heterocycles. The minimum absolute atomic E-state index is 0.0544. The number of ether oxygens (including phenoxy) is 1. The van der Waals surface area contributed by atoms with Crippen LogP contribution in [0.15, 0.2) is 42.9 Å². The van der Waals surface area contributed by atoms with Crippen LogP contribution in [0, 0.1) is 0 Å². The number of carbonyl (C=O) groups is 2. The number of imidazole rings is 1. The van der Waals surface area contributed by atoms with E-state index in [4.69, 9.17) is 4.74 Å². The highest BCUT2D eigenvalue weighted by Crippen LogP contribution is 2.36. The Hall–Kier alpha value is -3.83. The van der Waals surface area contributed by atoms with Gasteiger partial charge in [-0.25, -0.2) is 28.1 Å². The zero-order valence-electron chi connectivity index (χ0n) is 16.0. The van der Waals surface area contributed by atoms with Gasteiger partial charge < -0.3 is 15.0 Å².